The first-order valence-electron chi connectivity index (χ1n) is 10.4. The third kappa shape index (κ3) is 5.25. The number of hydrogen-bond acceptors (Lipinski definition) is 7. The highest BCUT2D eigenvalue weighted by molar-refractivity contribution is 5.92. The Hall–Kier alpha value is -3.60. The molecule has 1 aromatic carbocycles. The molecule has 3 aromatic rings. The van der Waals surface area contributed by atoms with Gasteiger partial charge in [0.2, 0.25) is 5.89 Å². The molecule has 0 atom stereocenters. The largest absolute Gasteiger partial charge is 0.497 e. The van der Waals surface area contributed by atoms with E-state index in [0.717, 1.165) is 13.1 Å². The Kier molecular flexibility index (Phi) is 6.78. The van der Waals surface area contributed by atoms with Crippen LogP contribution in [0.5, 0.6) is 5.75 Å². The maximum Gasteiger partial charge on any atom is 0.324 e. The van der Waals surface area contributed by atoms with E-state index in [0.29, 0.717) is 35.8 Å². The molecule has 2 aromatic heterocycles. The first-order chi connectivity index (χ1) is 15.9. The van der Waals surface area contributed by atoms with Crippen LogP contribution < -0.4 is 9.64 Å². The van der Waals surface area contributed by atoms with Crippen molar-refractivity contribution in [2.24, 2.45) is 0 Å². The molecule has 0 aliphatic carbocycles. The molecule has 33 heavy (non-hydrogen) atoms. The average Bonchev–Trinajstić information content (AvgIpc) is 3.34. The Labute approximate surface area is 189 Å². The molecule has 1 aliphatic rings. The summed E-state index contributed by atoms with van der Waals surface area (Å²) in [4.78, 5) is 23.4. The number of carbonyl (C=O) groups excluding carboxylic acids is 1. The van der Waals surface area contributed by atoms with E-state index in [4.69, 9.17) is 9.15 Å². The molecule has 4 rings (SSSR count). The molecular formula is C22H24F2N6O3. The number of amides is 2. The van der Waals surface area contributed by atoms with E-state index >= 15 is 0 Å². The number of anilines is 1. The number of carbonyl (C=O) groups is 1. The zero-order chi connectivity index (χ0) is 23.4. The van der Waals surface area contributed by atoms with E-state index in [2.05, 4.69) is 20.1 Å². The number of piperazine rings is 1. The summed E-state index contributed by atoms with van der Waals surface area (Å²) in [6.07, 6.45) is -1.37. The maximum atomic E-state index is 13.4. The Balaban J connectivity index is 1.55. The number of nitrogens with zero attached hydrogens (tertiary/aromatic N) is 6. The van der Waals surface area contributed by atoms with Gasteiger partial charge in [-0.15, -0.1) is 10.2 Å². The number of likely N-dealkylation sites (N-methyl/N-ethyl adjacent to an activating group) is 1. The summed E-state index contributed by atoms with van der Waals surface area (Å²) in [6, 6.07) is 10.5. The number of urea groups is 1. The van der Waals surface area contributed by atoms with Crippen molar-refractivity contribution in [2.75, 3.05) is 45.2 Å². The van der Waals surface area contributed by atoms with Crippen LogP contribution in [0.15, 0.2) is 47.0 Å². The number of pyridine rings is 1. The molecule has 1 saturated heterocycles. The lowest BCUT2D eigenvalue weighted by atomic mass is 10.2. The standard InChI is InChI=1S/C22H24F2N6O3/c1-28-9-11-29(12-10-28)22(31)30(17-5-7-18(32-2)8-6-17)14-16-4-3-15(13-25-16)20-26-27-21(33-20)19(23)24/h3-8,13,19H,9-12,14H2,1-2H3. The first kappa shape index (κ1) is 22.6. The van der Waals surface area contributed by atoms with Gasteiger partial charge in [-0.2, -0.15) is 8.78 Å². The normalized spacial score (nSPS) is 14.5. The zero-order valence-electron chi connectivity index (χ0n) is 18.3. The third-order valence-corrected chi connectivity index (χ3v) is 5.41. The quantitative estimate of drug-likeness (QED) is 0.559. The Morgan fingerprint density at radius 1 is 1.12 bits per heavy atom. The number of methoxy groups -OCH3 is 1. The molecule has 3 heterocycles. The van der Waals surface area contributed by atoms with Crippen LogP contribution in [-0.4, -0.2) is 71.3 Å². The monoisotopic (exact) mass is 458 g/mol. The van der Waals surface area contributed by atoms with E-state index in [1.807, 2.05) is 24.1 Å². The minimum absolute atomic E-state index is 0.0372. The van der Waals surface area contributed by atoms with Gasteiger partial charge in [-0.25, -0.2) is 4.79 Å². The topological polar surface area (TPSA) is 87.8 Å². The van der Waals surface area contributed by atoms with Crippen molar-refractivity contribution < 1.29 is 22.7 Å². The van der Waals surface area contributed by atoms with E-state index in [9.17, 15) is 13.6 Å². The summed E-state index contributed by atoms with van der Waals surface area (Å²) in [6.45, 7) is 3.11. The molecule has 1 aliphatic heterocycles. The number of alkyl halides is 2. The predicted molar refractivity (Wildman–Crippen MR) is 116 cm³/mol. The lowest BCUT2D eigenvalue weighted by Gasteiger charge is -2.36. The van der Waals surface area contributed by atoms with Crippen molar-refractivity contribution in [1.82, 2.24) is 25.0 Å². The zero-order valence-corrected chi connectivity index (χ0v) is 18.3. The van der Waals surface area contributed by atoms with Gasteiger partial charge in [-0.1, -0.05) is 0 Å². The summed E-state index contributed by atoms with van der Waals surface area (Å²) in [7, 11) is 3.61. The highest BCUT2D eigenvalue weighted by Crippen LogP contribution is 2.25. The highest BCUT2D eigenvalue weighted by atomic mass is 19.3. The fourth-order valence-electron chi connectivity index (χ4n) is 3.45. The minimum Gasteiger partial charge on any atom is -0.497 e. The summed E-state index contributed by atoms with van der Waals surface area (Å²) >= 11 is 0. The van der Waals surface area contributed by atoms with Crippen LogP contribution in [0, 0.1) is 0 Å². The van der Waals surface area contributed by atoms with Gasteiger partial charge in [0, 0.05) is 38.1 Å². The number of halogens is 2. The van der Waals surface area contributed by atoms with Crippen molar-refractivity contribution in [1.29, 1.82) is 0 Å². The second-order valence-electron chi connectivity index (χ2n) is 7.64. The number of rotatable bonds is 6. The SMILES string of the molecule is COc1ccc(N(Cc2ccc(-c3nnc(C(F)F)o3)cn2)C(=O)N2CCN(C)CC2)cc1. The second kappa shape index (κ2) is 9.90. The van der Waals surface area contributed by atoms with Gasteiger partial charge in [-0.3, -0.25) is 9.88 Å². The Morgan fingerprint density at radius 3 is 2.42 bits per heavy atom. The molecule has 0 spiro atoms. The number of aromatic nitrogens is 3. The molecule has 1 fully saturated rings. The molecule has 0 saturated carbocycles. The number of ether oxygens (including phenoxy) is 1. The molecule has 174 valence electrons. The fraction of sp³-hybridized carbons (Fsp3) is 0.364. The van der Waals surface area contributed by atoms with E-state index < -0.39 is 12.3 Å². The van der Waals surface area contributed by atoms with Crippen LogP contribution in [0.4, 0.5) is 19.3 Å². The van der Waals surface area contributed by atoms with Crippen molar-refractivity contribution in [3.8, 4) is 17.2 Å². The maximum absolute atomic E-state index is 13.4. The average molecular weight is 458 g/mol. The van der Waals surface area contributed by atoms with Crippen LogP contribution in [0.3, 0.4) is 0 Å². The van der Waals surface area contributed by atoms with Crippen LogP contribution in [0.25, 0.3) is 11.5 Å². The molecule has 0 N–H and O–H groups in total. The van der Waals surface area contributed by atoms with Crippen molar-refractivity contribution in [2.45, 2.75) is 13.0 Å². The molecule has 2 amide bonds. The lowest BCUT2D eigenvalue weighted by molar-refractivity contribution is 0.116. The summed E-state index contributed by atoms with van der Waals surface area (Å²) in [5, 5.41) is 6.96. The van der Waals surface area contributed by atoms with E-state index in [1.54, 1.807) is 36.3 Å². The minimum atomic E-state index is -2.84. The van der Waals surface area contributed by atoms with E-state index in [1.165, 1.54) is 6.20 Å². The highest BCUT2D eigenvalue weighted by Gasteiger charge is 2.26. The Morgan fingerprint density at radius 2 is 1.85 bits per heavy atom. The fourth-order valence-corrected chi connectivity index (χ4v) is 3.45. The van der Waals surface area contributed by atoms with Gasteiger partial charge >= 0.3 is 12.5 Å². The summed E-state index contributed by atoms with van der Waals surface area (Å²) < 4.78 is 35.6. The molecule has 0 radical (unpaired) electrons. The van der Waals surface area contributed by atoms with Gasteiger partial charge in [-0.05, 0) is 43.4 Å². The third-order valence-electron chi connectivity index (χ3n) is 5.41. The van der Waals surface area contributed by atoms with Gasteiger partial charge in [0.25, 0.3) is 5.89 Å². The summed E-state index contributed by atoms with van der Waals surface area (Å²) in [5.74, 6) is -0.0849. The van der Waals surface area contributed by atoms with Gasteiger partial charge in [0.05, 0.1) is 24.9 Å². The van der Waals surface area contributed by atoms with Crippen LogP contribution in [0.1, 0.15) is 18.0 Å². The van der Waals surface area contributed by atoms with Crippen molar-refractivity contribution in [3.63, 3.8) is 0 Å². The molecule has 11 heteroatoms. The smallest absolute Gasteiger partial charge is 0.324 e. The molecule has 0 bridgehead atoms. The lowest BCUT2D eigenvalue weighted by Crippen LogP contribution is -2.52. The van der Waals surface area contributed by atoms with Gasteiger partial charge in [0.15, 0.2) is 0 Å². The second-order valence-corrected chi connectivity index (χ2v) is 7.64. The number of hydrogen-bond donors (Lipinski definition) is 0. The molecule has 0 unspecified atom stereocenters. The van der Waals surface area contributed by atoms with Gasteiger partial charge in [0.1, 0.15) is 5.75 Å². The van der Waals surface area contributed by atoms with Crippen molar-refractivity contribution in [3.05, 3.63) is 54.2 Å². The Bertz CT molecular complexity index is 1070. The molecule has 9 nitrogen and oxygen atoms in total. The first-order valence-corrected chi connectivity index (χ1v) is 10.4. The number of benzene rings is 1. The summed E-state index contributed by atoms with van der Waals surface area (Å²) in [5.41, 5.74) is 1.74. The van der Waals surface area contributed by atoms with E-state index in [-0.39, 0.29) is 18.5 Å². The van der Waals surface area contributed by atoms with Crippen LogP contribution in [0.2, 0.25) is 0 Å². The molecular weight excluding hydrogens is 434 g/mol. The van der Waals surface area contributed by atoms with Crippen LogP contribution in [-0.2, 0) is 6.54 Å². The van der Waals surface area contributed by atoms with Crippen LogP contribution >= 0.6 is 0 Å². The van der Waals surface area contributed by atoms with Gasteiger partial charge < -0.3 is 19.0 Å². The van der Waals surface area contributed by atoms with Crippen molar-refractivity contribution >= 4 is 11.7 Å². The predicted octanol–water partition coefficient (Wildman–Crippen LogP) is 3.45.